The standard InChI is InChI=1S/C15H17N4O/c16-7-4-12-2-1-3-13(14(12)15(17)20)19-10-11-5-8-18-9-6-11/h1-6,8-9,19H,7,10,16H2,(H2,17,20). The molecule has 20 heavy (non-hydrogen) atoms. The van der Waals surface area contributed by atoms with Crippen molar-refractivity contribution in [2.45, 2.75) is 6.54 Å². The minimum atomic E-state index is -0.470. The summed E-state index contributed by atoms with van der Waals surface area (Å²) in [5.74, 6) is -0.470. The van der Waals surface area contributed by atoms with E-state index in [4.69, 9.17) is 11.5 Å². The van der Waals surface area contributed by atoms with Gasteiger partial charge >= 0.3 is 0 Å². The molecule has 0 aliphatic heterocycles. The Hall–Kier alpha value is -2.40. The molecule has 0 spiro atoms. The number of carbonyl (C=O) groups is 1. The molecule has 0 saturated heterocycles. The van der Waals surface area contributed by atoms with E-state index in [-0.39, 0.29) is 0 Å². The Morgan fingerprint density at radius 1 is 1.25 bits per heavy atom. The molecule has 5 nitrogen and oxygen atoms in total. The van der Waals surface area contributed by atoms with Crippen molar-refractivity contribution in [2.24, 2.45) is 11.5 Å². The second-order valence-electron chi connectivity index (χ2n) is 4.28. The van der Waals surface area contributed by atoms with Gasteiger partial charge in [0.15, 0.2) is 0 Å². The highest BCUT2D eigenvalue weighted by Gasteiger charge is 2.13. The second-order valence-corrected chi connectivity index (χ2v) is 4.28. The highest BCUT2D eigenvalue weighted by Crippen LogP contribution is 2.21. The normalized spacial score (nSPS) is 10.2. The van der Waals surface area contributed by atoms with Gasteiger partial charge in [0.25, 0.3) is 5.91 Å². The van der Waals surface area contributed by atoms with E-state index in [1.807, 2.05) is 30.3 Å². The summed E-state index contributed by atoms with van der Waals surface area (Å²) in [5, 5.41) is 3.22. The molecule has 0 aliphatic carbocycles. The molecule has 1 heterocycles. The molecule has 0 fully saturated rings. The van der Waals surface area contributed by atoms with Crippen molar-refractivity contribution in [1.29, 1.82) is 0 Å². The average molecular weight is 269 g/mol. The number of carbonyl (C=O) groups excluding carboxylic acids is 1. The first-order valence-electron chi connectivity index (χ1n) is 6.31. The van der Waals surface area contributed by atoms with Gasteiger partial charge in [-0.2, -0.15) is 0 Å². The van der Waals surface area contributed by atoms with Gasteiger partial charge in [0, 0.05) is 31.0 Å². The quantitative estimate of drug-likeness (QED) is 0.736. The smallest absolute Gasteiger partial charge is 0.251 e. The van der Waals surface area contributed by atoms with Gasteiger partial charge < -0.3 is 16.8 Å². The topological polar surface area (TPSA) is 94.0 Å². The van der Waals surface area contributed by atoms with Gasteiger partial charge in [0.05, 0.1) is 5.56 Å². The van der Waals surface area contributed by atoms with Gasteiger partial charge in [-0.05, 0) is 35.9 Å². The zero-order valence-corrected chi connectivity index (χ0v) is 11.0. The Kier molecular flexibility index (Phi) is 4.68. The fraction of sp³-hybridized carbons (Fsp3) is 0.133. The third-order valence-electron chi connectivity index (χ3n) is 2.91. The maximum atomic E-state index is 11.6. The van der Waals surface area contributed by atoms with Crippen LogP contribution in [-0.2, 0) is 6.54 Å². The molecule has 5 N–H and O–H groups in total. The molecule has 1 radical (unpaired) electrons. The van der Waals surface area contributed by atoms with E-state index in [0.29, 0.717) is 24.3 Å². The predicted molar refractivity (Wildman–Crippen MR) is 79.0 cm³/mol. The first-order valence-corrected chi connectivity index (χ1v) is 6.31. The number of nitrogens with two attached hydrogens (primary N) is 2. The van der Waals surface area contributed by atoms with Crippen molar-refractivity contribution in [3.63, 3.8) is 0 Å². The first-order chi connectivity index (χ1) is 9.72. The Labute approximate surface area is 118 Å². The number of amides is 1. The Balaban J connectivity index is 2.22. The van der Waals surface area contributed by atoms with E-state index in [1.54, 1.807) is 18.8 Å². The number of hydrogen-bond donors (Lipinski definition) is 3. The van der Waals surface area contributed by atoms with E-state index in [0.717, 1.165) is 11.1 Å². The van der Waals surface area contributed by atoms with Crippen molar-refractivity contribution in [1.82, 2.24) is 4.98 Å². The zero-order valence-electron chi connectivity index (χ0n) is 11.0. The van der Waals surface area contributed by atoms with Crippen molar-refractivity contribution >= 4 is 11.6 Å². The molecule has 2 aromatic rings. The van der Waals surface area contributed by atoms with Crippen LogP contribution in [0.3, 0.4) is 0 Å². The summed E-state index contributed by atoms with van der Waals surface area (Å²) in [6.45, 7) is 0.947. The molecule has 1 aromatic carbocycles. The number of anilines is 1. The number of rotatable bonds is 6. The fourth-order valence-corrected chi connectivity index (χ4v) is 1.99. The molecule has 0 bridgehead atoms. The van der Waals surface area contributed by atoms with Gasteiger partial charge in [-0.25, -0.2) is 0 Å². The van der Waals surface area contributed by atoms with Gasteiger partial charge in [-0.1, -0.05) is 12.1 Å². The highest BCUT2D eigenvalue weighted by molar-refractivity contribution is 6.00. The van der Waals surface area contributed by atoms with Crippen LogP contribution < -0.4 is 16.8 Å². The molecule has 5 heteroatoms. The highest BCUT2D eigenvalue weighted by atomic mass is 16.1. The van der Waals surface area contributed by atoms with E-state index < -0.39 is 5.91 Å². The van der Waals surface area contributed by atoms with E-state index in [2.05, 4.69) is 10.3 Å². The van der Waals surface area contributed by atoms with Gasteiger partial charge in [-0.3, -0.25) is 9.78 Å². The molecule has 0 aliphatic rings. The zero-order chi connectivity index (χ0) is 14.4. The molecule has 0 atom stereocenters. The average Bonchev–Trinajstić information content (AvgIpc) is 2.46. The van der Waals surface area contributed by atoms with E-state index in [1.165, 1.54) is 0 Å². The molecule has 1 amide bonds. The van der Waals surface area contributed by atoms with Crippen LogP contribution in [-0.4, -0.2) is 17.4 Å². The van der Waals surface area contributed by atoms with Crippen LogP contribution in [0.4, 0.5) is 5.69 Å². The van der Waals surface area contributed by atoms with Gasteiger partial charge in [0.1, 0.15) is 0 Å². The van der Waals surface area contributed by atoms with Gasteiger partial charge in [-0.15, -0.1) is 0 Å². The number of pyridine rings is 1. The molecule has 2 rings (SSSR count). The third-order valence-corrected chi connectivity index (χ3v) is 2.91. The van der Waals surface area contributed by atoms with Crippen LogP contribution >= 0.6 is 0 Å². The lowest BCUT2D eigenvalue weighted by Gasteiger charge is -2.13. The molecule has 0 saturated carbocycles. The Bertz CT molecular complexity index is 584. The number of aromatic nitrogens is 1. The van der Waals surface area contributed by atoms with Crippen LogP contribution in [0.2, 0.25) is 0 Å². The van der Waals surface area contributed by atoms with Crippen LogP contribution in [0.1, 0.15) is 21.5 Å². The maximum Gasteiger partial charge on any atom is 0.251 e. The van der Waals surface area contributed by atoms with Crippen LogP contribution in [0.5, 0.6) is 0 Å². The number of nitrogens with one attached hydrogen (secondary N) is 1. The summed E-state index contributed by atoms with van der Waals surface area (Å²) in [7, 11) is 0. The van der Waals surface area contributed by atoms with Crippen molar-refractivity contribution in [2.75, 3.05) is 11.9 Å². The minimum absolute atomic E-state index is 0.355. The summed E-state index contributed by atoms with van der Waals surface area (Å²) < 4.78 is 0. The Morgan fingerprint density at radius 3 is 2.65 bits per heavy atom. The Morgan fingerprint density at radius 2 is 2.00 bits per heavy atom. The number of primary amides is 1. The molecule has 0 unspecified atom stereocenters. The van der Waals surface area contributed by atoms with Crippen molar-refractivity contribution in [3.8, 4) is 0 Å². The summed E-state index contributed by atoms with van der Waals surface area (Å²) in [5.41, 5.74) is 14.0. The minimum Gasteiger partial charge on any atom is -0.380 e. The van der Waals surface area contributed by atoms with Crippen LogP contribution in [0, 0.1) is 6.42 Å². The summed E-state index contributed by atoms with van der Waals surface area (Å²) in [6, 6.07) is 9.34. The van der Waals surface area contributed by atoms with Crippen LogP contribution in [0.25, 0.3) is 0 Å². The SMILES string of the molecule is NC[CH]c1cccc(NCc2ccncc2)c1C(N)=O. The van der Waals surface area contributed by atoms with Crippen molar-refractivity contribution in [3.05, 3.63) is 65.8 Å². The van der Waals surface area contributed by atoms with E-state index >= 15 is 0 Å². The number of hydrogen-bond acceptors (Lipinski definition) is 4. The lowest BCUT2D eigenvalue weighted by molar-refractivity contribution is 0.100. The number of nitrogens with zero attached hydrogens (tertiary/aromatic N) is 1. The number of benzene rings is 1. The molecule has 103 valence electrons. The first kappa shape index (κ1) is 14.0. The third kappa shape index (κ3) is 3.33. The largest absolute Gasteiger partial charge is 0.380 e. The van der Waals surface area contributed by atoms with Crippen LogP contribution in [0.15, 0.2) is 42.7 Å². The van der Waals surface area contributed by atoms with Crippen molar-refractivity contribution < 1.29 is 4.79 Å². The summed E-state index contributed by atoms with van der Waals surface area (Å²) in [6.07, 6.45) is 5.23. The van der Waals surface area contributed by atoms with E-state index in [9.17, 15) is 4.79 Å². The second kappa shape index (κ2) is 6.68. The summed E-state index contributed by atoms with van der Waals surface area (Å²) >= 11 is 0. The monoisotopic (exact) mass is 269 g/mol. The maximum absolute atomic E-state index is 11.6. The lowest BCUT2D eigenvalue weighted by atomic mass is 10.0. The molecule has 1 aromatic heterocycles. The predicted octanol–water partition coefficient (Wildman–Crippen LogP) is 1.30. The summed E-state index contributed by atoms with van der Waals surface area (Å²) in [4.78, 5) is 15.6. The molecular weight excluding hydrogens is 252 g/mol. The lowest BCUT2D eigenvalue weighted by Crippen LogP contribution is -2.18. The van der Waals surface area contributed by atoms with Gasteiger partial charge in [0.2, 0.25) is 0 Å². The fourth-order valence-electron chi connectivity index (χ4n) is 1.99. The molecular formula is C15H17N4O.